The van der Waals surface area contributed by atoms with Crippen LogP contribution in [0.4, 0.5) is 0 Å². The van der Waals surface area contributed by atoms with Crippen molar-refractivity contribution in [3.63, 3.8) is 0 Å². The Kier molecular flexibility index (Phi) is 10.7. The molecule has 8 N–H and O–H groups in total. The first-order valence-corrected chi connectivity index (χ1v) is 13.5. The van der Waals surface area contributed by atoms with Crippen LogP contribution >= 0.6 is 0 Å². The maximum Gasteiger partial charge on any atom is 0.229 e. The summed E-state index contributed by atoms with van der Waals surface area (Å²) < 4.78 is 32.3. The van der Waals surface area contributed by atoms with Gasteiger partial charge in [-0.3, -0.25) is 4.79 Å². The summed E-state index contributed by atoms with van der Waals surface area (Å²) in [4.78, 5) is 12.9. The number of carbonyl (C=O) groups excluding carboxylic acids is 1. The largest absolute Gasteiger partial charge is 0.507 e. The molecule has 2 aromatic carbocycles. The van der Waals surface area contributed by atoms with Crippen LogP contribution in [0.2, 0.25) is 0 Å². The lowest BCUT2D eigenvalue weighted by Gasteiger charge is -2.42. The minimum Gasteiger partial charge on any atom is -0.507 e. The quantitative estimate of drug-likeness (QED) is 0.117. The number of ketones is 1. The molecule has 2 aliphatic heterocycles. The van der Waals surface area contributed by atoms with E-state index >= 15 is 0 Å². The second-order valence-corrected chi connectivity index (χ2v) is 10.3. The molecule has 15 nitrogen and oxygen atoms in total. The van der Waals surface area contributed by atoms with Gasteiger partial charge in [0.05, 0.1) is 26.9 Å². The van der Waals surface area contributed by atoms with Gasteiger partial charge in [0.2, 0.25) is 6.29 Å². The first-order valence-electron chi connectivity index (χ1n) is 13.5. The molecule has 0 saturated carbocycles. The molecule has 0 radical (unpaired) electrons. The third-order valence-corrected chi connectivity index (χ3v) is 7.31. The monoisotopic (exact) mass is 624 g/mol. The Hall–Kier alpha value is -3.51. The Balaban J connectivity index is 1.46. The van der Waals surface area contributed by atoms with Gasteiger partial charge < -0.3 is 69.3 Å². The molecule has 0 amide bonds. The molecule has 2 aromatic rings. The Morgan fingerprint density at radius 3 is 2.11 bits per heavy atom. The minimum absolute atomic E-state index is 0.101. The minimum atomic E-state index is -1.77. The number of phenols is 2. The predicted octanol–water partition coefficient (Wildman–Crippen LogP) is -0.958. The van der Waals surface area contributed by atoms with Crippen molar-refractivity contribution in [2.75, 3.05) is 20.8 Å². The van der Waals surface area contributed by atoms with Crippen molar-refractivity contribution in [1.82, 2.24) is 0 Å². The number of aromatic hydroxyl groups is 2. The molecule has 15 heteroatoms. The number of rotatable bonds is 10. The fraction of sp³-hybridized carbons (Fsp3) is 0.483. The number of hydrogen-bond donors (Lipinski definition) is 8. The normalized spacial score (nSPS) is 32.4. The highest BCUT2D eigenvalue weighted by Crippen LogP contribution is 2.36. The fourth-order valence-corrected chi connectivity index (χ4v) is 4.75. The van der Waals surface area contributed by atoms with Crippen molar-refractivity contribution >= 4 is 11.9 Å². The average molecular weight is 625 g/mol. The summed E-state index contributed by atoms with van der Waals surface area (Å²) in [6, 6.07) is 6.80. The maximum atomic E-state index is 12.9. The standard InChI is InChI=1S/C29H36O15/c1-12-22(33)24(35)26(37)28(42-12)41-11-20-23(34)25(36)27(38)29(44-20)43-14-9-17(32)21(19(10-14)40-3)15(30)6-4-13-5-7-18(39-2)16(31)8-13/h4-10,12,20,22-29,31-38H,11H2,1-3H3/b6-4+/t12-,20-,22-,23-,24+,25+,26+,27-,28+,29-/m1/s1. The Bertz CT molecular complexity index is 1330. The van der Waals surface area contributed by atoms with E-state index in [1.807, 2.05) is 0 Å². The van der Waals surface area contributed by atoms with Gasteiger partial charge in [-0.2, -0.15) is 0 Å². The molecule has 0 aromatic heterocycles. The van der Waals surface area contributed by atoms with Crippen LogP contribution in [0.25, 0.3) is 6.08 Å². The van der Waals surface area contributed by atoms with Crippen LogP contribution in [-0.4, -0.2) is 129 Å². The summed E-state index contributed by atoms with van der Waals surface area (Å²) in [7, 11) is 2.65. The number of ether oxygens (including phenoxy) is 6. The van der Waals surface area contributed by atoms with E-state index in [9.17, 15) is 45.6 Å². The Morgan fingerprint density at radius 2 is 1.45 bits per heavy atom. The van der Waals surface area contributed by atoms with E-state index in [2.05, 4.69) is 0 Å². The van der Waals surface area contributed by atoms with Gasteiger partial charge in [0.25, 0.3) is 0 Å². The van der Waals surface area contributed by atoms with Crippen molar-refractivity contribution in [2.45, 2.75) is 68.3 Å². The third kappa shape index (κ3) is 7.07. The zero-order valence-corrected chi connectivity index (χ0v) is 24.0. The van der Waals surface area contributed by atoms with Crippen molar-refractivity contribution in [3.05, 3.63) is 47.5 Å². The van der Waals surface area contributed by atoms with Gasteiger partial charge in [0.1, 0.15) is 65.5 Å². The molecular weight excluding hydrogens is 588 g/mol. The van der Waals surface area contributed by atoms with Crippen LogP contribution in [0.15, 0.2) is 36.4 Å². The van der Waals surface area contributed by atoms with Crippen LogP contribution in [0.3, 0.4) is 0 Å². The number of aliphatic hydroxyl groups is 6. The summed E-state index contributed by atoms with van der Waals surface area (Å²) >= 11 is 0. The number of methoxy groups -OCH3 is 2. The maximum absolute atomic E-state index is 12.9. The molecular formula is C29H36O15. The number of allylic oxidation sites excluding steroid dienone is 1. The van der Waals surface area contributed by atoms with Gasteiger partial charge in [-0.15, -0.1) is 0 Å². The zero-order chi connectivity index (χ0) is 32.3. The first-order chi connectivity index (χ1) is 20.9. The van der Waals surface area contributed by atoms with E-state index in [0.717, 1.165) is 12.1 Å². The van der Waals surface area contributed by atoms with Crippen LogP contribution in [-0.2, 0) is 14.2 Å². The number of phenolic OH excluding ortho intramolecular Hbond substituents is 2. The topological polar surface area (TPSA) is 234 Å². The van der Waals surface area contributed by atoms with Gasteiger partial charge in [0.15, 0.2) is 23.6 Å². The molecule has 10 atom stereocenters. The van der Waals surface area contributed by atoms with Gasteiger partial charge in [-0.1, -0.05) is 12.1 Å². The van der Waals surface area contributed by atoms with Gasteiger partial charge >= 0.3 is 0 Å². The number of benzene rings is 2. The van der Waals surface area contributed by atoms with E-state index in [-0.39, 0.29) is 28.6 Å². The molecule has 242 valence electrons. The van der Waals surface area contributed by atoms with E-state index < -0.39 is 79.6 Å². The van der Waals surface area contributed by atoms with E-state index in [0.29, 0.717) is 5.56 Å². The molecule has 2 heterocycles. The smallest absolute Gasteiger partial charge is 0.229 e. The highest BCUT2D eigenvalue weighted by Gasteiger charge is 2.47. The SMILES string of the molecule is COc1ccc(/C=C/C(=O)c2c(O)cc(O[C@@H]3O[C@H](CO[C@H]4O[C@H](C)[C@@H](O)[C@H](O)[C@@H]4O)[C@@H](O)[C@H](O)[C@H]3O)cc2OC)cc1O. The molecule has 2 saturated heterocycles. The van der Waals surface area contributed by atoms with E-state index in [1.165, 1.54) is 45.4 Å². The molecule has 0 spiro atoms. The lowest BCUT2D eigenvalue weighted by molar-refractivity contribution is -0.318. The van der Waals surface area contributed by atoms with Crippen molar-refractivity contribution < 1.29 is 74.1 Å². The predicted molar refractivity (Wildman–Crippen MR) is 148 cm³/mol. The molecule has 2 aliphatic rings. The summed E-state index contributed by atoms with van der Waals surface area (Å²) in [5, 5.41) is 82.0. The molecule has 0 bridgehead atoms. The Morgan fingerprint density at radius 1 is 0.795 bits per heavy atom. The van der Waals surface area contributed by atoms with E-state index in [4.69, 9.17) is 28.4 Å². The van der Waals surface area contributed by atoms with Gasteiger partial charge in [0, 0.05) is 12.1 Å². The molecule has 0 aliphatic carbocycles. The molecule has 2 fully saturated rings. The average Bonchev–Trinajstić information content (AvgIpc) is 3.00. The summed E-state index contributed by atoms with van der Waals surface area (Å²) in [5.74, 6) is -1.31. The highest BCUT2D eigenvalue weighted by atomic mass is 16.7. The summed E-state index contributed by atoms with van der Waals surface area (Å²) in [5.41, 5.74) is 0.263. The van der Waals surface area contributed by atoms with E-state index in [1.54, 1.807) is 6.07 Å². The second-order valence-electron chi connectivity index (χ2n) is 10.3. The highest BCUT2D eigenvalue weighted by molar-refractivity contribution is 6.10. The number of carbonyl (C=O) groups is 1. The van der Waals surface area contributed by atoms with Gasteiger partial charge in [-0.05, 0) is 30.7 Å². The Labute approximate surface area is 251 Å². The summed E-state index contributed by atoms with van der Waals surface area (Å²) in [6.45, 7) is 0.958. The van der Waals surface area contributed by atoms with Crippen LogP contribution < -0.4 is 14.2 Å². The van der Waals surface area contributed by atoms with Gasteiger partial charge in [-0.25, -0.2) is 0 Å². The second kappa shape index (κ2) is 14.1. The molecule has 4 rings (SSSR count). The third-order valence-electron chi connectivity index (χ3n) is 7.31. The number of hydrogen-bond acceptors (Lipinski definition) is 15. The van der Waals surface area contributed by atoms with Crippen molar-refractivity contribution in [3.8, 4) is 28.7 Å². The fourth-order valence-electron chi connectivity index (χ4n) is 4.75. The molecule has 0 unspecified atom stereocenters. The zero-order valence-electron chi connectivity index (χ0n) is 24.0. The van der Waals surface area contributed by atoms with Crippen LogP contribution in [0.5, 0.6) is 28.7 Å². The molecule has 44 heavy (non-hydrogen) atoms. The lowest BCUT2D eigenvalue weighted by atomic mass is 9.98. The lowest BCUT2D eigenvalue weighted by Crippen LogP contribution is -2.61. The van der Waals surface area contributed by atoms with Crippen LogP contribution in [0, 0.1) is 0 Å². The number of aliphatic hydroxyl groups excluding tert-OH is 6. The first kappa shape index (κ1) is 33.4. The van der Waals surface area contributed by atoms with Crippen molar-refractivity contribution in [1.29, 1.82) is 0 Å². The van der Waals surface area contributed by atoms with Crippen molar-refractivity contribution in [2.24, 2.45) is 0 Å². The summed E-state index contributed by atoms with van der Waals surface area (Å²) in [6.07, 6.45) is -12.4. The van der Waals surface area contributed by atoms with Crippen LogP contribution in [0.1, 0.15) is 22.8 Å².